The molecule has 0 aliphatic heterocycles. The SMILES string of the molecule is C=C(CC(C)OC(C)=O)[Si](C)(C)C. The molecule has 13 heavy (non-hydrogen) atoms. The van der Waals surface area contributed by atoms with E-state index in [9.17, 15) is 4.79 Å². The molecule has 0 N–H and O–H groups in total. The van der Waals surface area contributed by atoms with Gasteiger partial charge < -0.3 is 4.74 Å². The zero-order chi connectivity index (χ0) is 10.6. The van der Waals surface area contributed by atoms with Gasteiger partial charge in [0, 0.05) is 13.3 Å². The number of hydrogen-bond donors (Lipinski definition) is 0. The van der Waals surface area contributed by atoms with E-state index in [4.69, 9.17) is 4.74 Å². The lowest BCUT2D eigenvalue weighted by Gasteiger charge is -2.22. The van der Waals surface area contributed by atoms with E-state index >= 15 is 0 Å². The quantitative estimate of drug-likeness (QED) is 0.515. The van der Waals surface area contributed by atoms with E-state index in [1.165, 1.54) is 12.1 Å². The average molecular weight is 200 g/mol. The number of esters is 1. The first-order valence-corrected chi connectivity index (χ1v) is 8.09. The topological polar surface area (TPSA) is 26.3 Å². The van der Waals surface area contributed by atoms with Crippen molar-refractivity contribution in [1.82, 2.24) is 0 Å². The third-order valence-corrected chi connectivity index (χ3v) is 4.29. The summed E-state index contributed by atoms with van der Waals surface area (Å²) in [6.45, 7) is 14.1. The van der Waals surface area contributed by atoms with Crippen molar-refractivity contribution in [3.8, 4) is 0 Å². The first kappa shape index (κ1) is 12.4. The predicted octanol–water partition coefficient (Wildman–Crippen LogP) is 2.76. The first-order valence-electron chi connectivity index (χ1n) is 4.59. The van der Waals surface area contributed by atoms with E-state index in [0.717, 1.165) is 6.42 Å². The molecule has 3 heteroatoms. The van der Waals surface area contributed by atoms with Crippen LogP contribution in [0.25, 0.3) is 0 Å². The summed E-state index contributed by atoms with van der Waals surface area (Å²) < 4.78 is 5.04. The largest absolute Gasteiger partial charge is 0.463 e. The Morgan fingerprint density at radius 3 is 2.23 bits per heavy atom. The highest BCUT2D eigenvalue weighted by Gasteiger charge is 2.20. The molecule has 0 aromatic carbocycles. The molecular formula is C10H20O2Si. The zero-order valence-corrected chi connectivity index (χ0v) is 10.3. The molecule has 0 saturated heterocycles. The van der Waals surface area contributed by atoms with Crippen molar-refractivity contribution >= 4 is 14.0 Å². The monoisotopic (exact) mass is 200 g/mol. The smallest absolute Gasteiger partial charge is 0.302 e. The summed E-state index contributed by atoms with van der Waals surface area (Å²) in [5.74, 6) is -0.212. The molecule has 0 aromatic heterocycles. The number of carbonyl (C=O) groups is 1. The van der Waals surface area contributed by atoms with Gasteiger partial charge in [-0.15, -0.1) is 6.58 Å². The fourth-order valence-corrected chi connectivity index (χ4v) is 1.88. The molecule has 0 aromatic rings. The number of hydrogen-bond acceptors (Lipinski definition) is 2. The van der Waals surface area contributed by atoms with Crippen molar-refractivity contribution in [1.29, 1.82) is 0 Å². The lowest BCUT2D eigenvalue weighted by atomic mass is 10.3. The standard InChI is InChI=1S/C10H20O2Si/c1-8(12-10(3)11)7-9(2)13(4,5)6/h8H,2,7H2,1,3-6H3. The van der Waals surface area contributed by atoms with Crippen LogP contribution in [0, 0.1) is 0 Å². The van der Waals surface area contributed by atoms with Gasteiger partial charge in [-0.1, -0.05) is 24.8 Å². The molecule has 0 fully saturated rings. The Kier molecular flexibility index (Phi) is 4.40. The predicted molar refractivity (Wildman–Crippen MR) is 58.3 cm³/mol. The van der Waals surface area contributed by atoms with Crippen LogP contribution in [0.5, 0.6) is 0 Å². The van der Waals surface area contributed by atoms with Gasteiger partial charge in [0.2, 0.25) is 0 Å². The third kappa shape index (κ3) is 5.63. The van der Waals surface area contributed by atoms with Gasteiger partial charge in [0.1, 0.15) is 6.10 Å². The van der Waals surface area contributed by atoms with Gasteiger partial charge in [-0.25, -0.2) is 0 Å². The van der Waals surface area contributed by atoms with Gasteiger partial charge in [-0.2, -0.15) is 0 Å². The lowest BCUT2D eigenvalue weighted by Crippen LogP contribution is -2.26. The van der Waals surface area contributed by atoms with Crippen LogP contribution in [0.3, 0.4) is 0 Å². The summed E-state index contributed by atoms with van der Waals surface area (Å²) >= 11 is 0. The van der Waals surface area contributed by atoms with E-state index in [1.807, 2.05) is 6.92 Å². The second-order valence-electron chi connectivity index (χ2n) is 4.48. The summed E-state index contributed by atoms with van der Waals surface area (Å²) in [5, 5.41) is 1.25. The van der Waals surface area contributed by atoms with Gasteiger partial charge in [-0.05, 0) is 6.92 Å². The molecular weight excluding hydrogens is 180 g/mol. The minimum atomic E-state index is -1.26. The fourth-order valence-electron chi connectivity index (χ4n) is 0.978. The molecule has 0 aliphatic carbocycles. The summed E-state index contributed by atoms with van der Waals surface area (Å²) in [6.07, 6.45) is 0.770. The molecule has 0 aliphatic rings. The second-order valence-corrected chi connectivity index (χ2v) is 9.68. The van der Waals surface area contributed by atoms with E-state index in [-0.39, 0.29) is 12.1 Å². The van der Waals surface area contributed by atoms with Gasteiger partial charge in [0.05, 0.1) is 8.07 Å². The Hall–Kier alpha value is -0.573. The van der Waals surface area contributed by atoms with Gasteiger partial charge in [0.15, 0.2) is 0 Å². The molecule has 2 nitrogen and oxygen atoms in total. The Balaban J connectivity index is 4.00. The molecule has 0 rings (SSSR count). The van der Waals surface area contributed by atoms with E-state index in [1.54, 1.807) is 0 Å². The Morgan fingerprint density at radius 1 is 1.46 bits per heavy atom. The van der Waals surface area contributed by atoms with Crippen LogP contribution < -0.4 is 0 Å². The highest BCUT2D eigenvalue weighted by atomic mass is 28.3. The van der Waals surface area contributed by atoms with Crippen molar-refractivity contribution in [2.24, 2.45) is 0 Å². The summed E-state index contributed by atoms with van der Waals surface area (Å²) in [4.78, 5) is 10.6. The van der Waals surface area contributed by atoms with Crippen LogP contribution in [-0.2, 0) is 9.53 Å². The van der Waals surface area contributed by atoms with Crippen molar-refractivity contribution in [3.63, 3.8) is 0 Å². The van der Waals surface area contributed by atoms with Crippen molar-refractivity contribution in [3.05, 3.63) is 11.8 Å². The maximum absolute atomic E-state index is 10.6. The van der Waals surface area contributed by atoms with Crippen molar-refractivity contribution in [2.75, 3.05) is 0 Å². The molecule has 76 valence electrons. The average Bonchev–Trinajstić information content (AvgIpc) is 1.82. The van der Waals surface area contributed by atoms with Crippen LogP contribution in [0.2, 0.25) is 19.6 Å². The van der Waals surface area contributed by atoms with Gasteiger partial charge in [-0.3, -0.25) is 4.79 Å². The zero-order valence-electron chi connectivity index (χ0n) is 9.31. The van der Waals surface area contributed by atoms with Crippen LogP contribution in [0.4, 0.5) is 0 Å². The molecule has 0 bridgehead atoms. The van der Waals surface area contributed by atoms with Crippen molar-refractivity contribution < 1.29 is 9.53 Å². The normalized spacial score (nSPS) is 13.6. The van der Waals surface area contributed by atoms with E-state index in [2.05, 4.69) is 26.2 Å². The van der Waals surface area contributed by atoms with Crippen LogP contribution in [0.1, 0.15) is 20.3 Å². The highest BCUT2D eigenvalue weighted by molar-refractivity contribution is 6.82. The Labute approximate surface area is 82.0 Å². The van der Waals surface area contributed by atoms with Gasteiger partial charge >= 0.3 is 5.97 Å². The second kappa shape index (κ2) is 4.60. The van der Waals surface area contributed by atoms with Crippen LogP contribution in [0.15, 0.2) is 11.8 Å². The first-order chi connectivity index (χ1) is 5.73. The molecule has 0 amide bonds. The minimum Gasteiger partial charge on any atom is -0.463 e. The summed E-state index contributed by atoms with van der Waals surface area (Å²) in [7, 11) is -1.26. The maximum Gasteiger partial charge on any atom is 0.302 e. The molecule has 0 heterocycles. The Morgan fingerprint density at radius 2 is 1.92 bits per heavy atom. The van der Waals surface area contributed by atoms with E-state index in [0.29, 0.717) is 0 Å². The van der Waals surface area contributed by atoms with E-state index < -0.39 is 8.07 Å². The van der Waals surface area contributed by atoms with Gasteiger partial charge in [0.25, 0.3) is 0 Å². The fraction of sp³-hybridized carbons (Fsp3) is 0.700. The number of rotatable bonds is 4. The molecule has 0 saturated carbocycles. The molecule has 1 atom stereocenters. The number of ether oxygens (including phenoxy) is 1. The molecule has 0 radical (unpaired) electrons. The van der Waals surface area contributed by atoms with Crippen LogP contribution >= 0.6 is 0 Å². The maximum atomic E-state index is 10.6. The van der Waals surface area contributed by atoms with Crippen LogP contribution in [-0.4, -0.2) is 20.1 Å². The molecule has 0 spiro atoms. The minimum absolute atomic E-state index is 0.0308. The third-order valence-electron chi connectivity index (χ3n) is 1.96. The Bertz CT molecular complexity index is 203. The summed E-state index contributed by atoms with van der Waals surface area (Å²) in [5.41, 5.74) is 0. The number of carbonyl (C=O) groups excluding carboxylic acids is 1. The van der Waals surface area contributed by atoms with Crippen molar-refractivity contribution in [2.45, 2.75) is 46.0 Å². The lowest BCUT2D eigenvalue weighted by molar-refractivity contribution is -0.145. The molecule has 1 unspecified atom stereocenters. The summed E-state index contributed by atoms with van der Waals surface area (Å²) in [6, 6.07) is 0. The highest BCUT2D eigenvalue weighted by Crippen LogP contribution is 2.18.